The lowest BCUT2D eigenvalue weighted by molar-refractivity contribution is -0.123. The van der Waals surface area contributed by atoms with Crippen LogP contribution in [0, 0.1) is 11.8 Å². The second-order valence-electron chi connectivity index (χ2n) is 7.42. The number of hydrogen-bond acceptors (Lipinski definition) is 3. The topological polar surface area (TPSA) is 55.1 Å². The van der Waals surface area contributed by atoms with Gasteiger partial charge in [-0.3, -0.25) is 4.79 Å². The second-order valence-corrected chi connectivity index (χ2v) is 8.63. The number of thioether (sulfide) groups is 1. The van der Waals surface area contributed by atoms with Crippen molar-refractivity contribution in [3.8, 4) is 0 Å². The van der Waals surface area contributed by atoms with Crippen molar-refractivity contribution in [3.05, 3.63) is 35.4 Å². The number of fused-ring (bicyclic) bond motifs is 3. The van der Waals surface area contributed by atoms with Crippen LogP contribution in [0.4, 0.5) is 0 Å². The maximum absolute atomic E-state index is 13.0. The summed E-state index contributed by atoms with van der Waals surface area (Å²) >= 11 is 1.79. The lowest BCUT2D eigenvalue weighted by Crippen LogP contribution is -2.54. The zero-order chi connectivity index (χ0) is 15.8. The molecule has 1 heterocycles. The molecular formula is C19H27ClN2OS. The molecule has 0 spiro atoms. The van der Waals surface area contributed by atoms with Gasteiger partial charge in [0.1, 0.15) is 5.25 Å². The van der Waals surface area contributed by atoms with Gasteiger partial charge in [-0.15, -0.1) is 24.2 Å². The number of aryl methyl sites for hydroxylation is 1. The van der Waals surface area contributed by atoms with Crippen LogP contribution in [0.3, 0.4) is 0 Å². The Hall–Kier alpha value is -0.710. The molecule has 1 amide bonds. The molecule has 4 rings (SSSR count). The molecule has 2 bridgehead atoms. The van der Waals surface area contributed by atoms with E-state index in [1.807, 2.05) is 0 Å². The van der Waals surface area contributed by atoms with Crippen LogP contribution in [0.2, 0.25) is 0 Å². The molecule has 2 saturated carbocycles. The number of rotatable bonds is 2. The van der Waals surface area contributed by atoms with Gasteiger partial charge < -0.3 is 11.1 Å². The minimum absolute atomic E-state index is 0. The summed E-state index contributed by atoms with van der Waals surface area (Å²) in [6, 6.07) is 9.12. The van der Waals surface area contributed by atoms with Crippen molar-refractivity contribution >= 4 is 30.1 Å². The first kappa shape index (κ1) is 18.1. The molecule has 2 aliphatic carbocycles. The fraction of sp³-hybridized carbons (Fsp3) is 0.632. The van der Waals surface area contributed by atoms with Gasteiger partial charge in [-0.1, -0.05) is 30.7 Å². The summed E-state index contributed by atoms with van der Waals surface area (Å²) in [5, 5.41) is 3.41. The molecule has 1 aromatic carbocycles. The smallest absolute Gasteiger partial charge is 0.237 e. The lowest BCUT2D eigenvalue weighted by atomic mass is 9.67. The third kappa shape index (κ3) is 3.47. The summed E-state index contributed by atoms with van der Waals surface area (Å²) in [5.74, 6) is 2.44. The monoisotopic (exact) mass is 366 g/mol. The van der Waals surface area contributed by atoms with E-state index in [0.717, 1.165) is 25.0 Å². The Labute approximate surface area is 154 Å². The Bertz CT molecular complexity index is 582. The van der Waals surface area contributed by atoms with E-state index in [9.17, 15) is 4.79 Å². The summed E-state index contributed by atoms with van der Waals surface area (Å²) in [6.07, 6.45) is 6.99. The highest BCUT2D eigenvalue weighted by atomic mass is 35.5. The van der Waals surface area contributed by atoms with E-state index in [0.29, 0.717) is 23.9 Å². The Balaban J connectivity index is 0.00000169. The van der Waals surface area contributed by atoms with Gasteiger partial charge in [-0.25, -0.2) is 0 Å². The Morgan fingerprint density at radius 1 is 1.17 bits per heavy atom. The van der Waals surface area contributed by atoms with Crippen LogP contribution < -0.4 is 11.1 Å². The molecule has 0 aromatic heterocycles. The van der Waals surface area contributed by atoms with Crippen LogP contribution in [0.15, 0.2) is 24.3 Å². The molecule has 3 unspecified atom stereocenters. The molecule has 3 nitrogen and oxygen atoms in total. The molecular weight excluding hydrogens is 340 g/mol. The first-order valence-electron chi connectivity index (χ1n) is 8.97. The van der Waals surface area contributed by atoms with E-state index in [4.69, 9.17) is 5.73 Å². The number of carbonyl (C=O) groups excluding carboxylic acids is 1. The van der Waals surface area contributed by atoms with Gasteiger partial charge in [0, 0.05) is 12.1 Å². The molecule has 24 heavy (non-hydrogen) atoms. The maximum atomic E-state index is 13.0. The van der Waals surface area contributed by atoms with Gasteiger partial charge in [0.15, 0.2) is 0 Å². The van der Waals surface area contributed by atoms with Crippen molar-refractivity contribution in [2.45, 2.75) is 55.9 Å². The first-order valence-corrected chi connectivity index (χ1v) is 10.0. The Morgan fingerprint density at radius 3 is 2.62 bits per heavy atom. The number of benzene rings is 1. The van der Waals surface area contributed by atoms with Crippen molar-refractivity contribution in [1.82, 2.24) is 5.32 Å². The molecule has 1 aromatic rings. The second kappa shape index (κ2) is 7.67. The van der Waals surface area contributed by atoms with Gasteiger partial charge in [0.25, 0.3) is 0 Å². The minimum atomic E-state index is -0.0312. The van der Waals surface area contributed by atoms with E-state index in [1.54, 1.807) is 11.8 Å². The predicted octanol–water partition coefficient (Wildman–Crippen LogP) is 3.46. The molecule has 0 saturated heterocycles. The highest BCUT2D eigenvalue weighted by molar-refractivity contribution is 8.00. The van der Waals surface area contributed by atoms with Crippen molar-refractivity contribution in [2.75, 3.05) is 5.75 Å². The van der Waals surface area contributed by atoms with E-state index in [-0.39, 0.29) is 23.6 Å². The fourth-order valence-electron chi connectivity index (χ4n) is 4.88. The third-order valence-electron chi connectivity index (χ3n) is 5.92. The van der Waals surface area contributed by atoms with Crippen molar-refractivity contribution in [3.63, 3.8) is 0 Å². The van der Waals surface area contributed by atoms with Crippen LogP contribution in [-0.4, -0.2) is 23.7 Å². The van der Waals surface area contributed by atoms with Crippen LogP contribution >= 0.6 is 24.2 Å². The van der Waals surface area contributed by atoms with Gasteiger partial charge >= 0.3 is 0 Å². The van der Waals surface area contributed by atoms with Gasteiger partial charge in [-0.2, -0.15) is 0 Å². The van der Waals surface area contributed by atoms with E-state index >= 15 is 0 Å². The standard InChI is InChI=1S/C19H26N2OS.ClH/c20-15-10-13-5-3-6-14(11-15)17(13)21-19(22)18-16-7-2-1-4-12(16)8-9-23-18;/h1-2,4,7,13-15,17-18H,3,5-6,8-11,20H2,(H,21,22);1H. The van der Waals surface area contributed by atoms with Crippen molar-refractivity contribution in [1.29, 1.82) is 0 Å². The summed E-state index contributed by atoms with van der Waals surface area (Å²) in [6.45, 7) is 0. The molecule has 132 valence electrons. The van der Waals surface area contributed by atoms with Crippen LogP contribution in [0.5, 0.6) is 0 Å². The van der Waals surface area contributed by atoms with Gasteiger partial charge in [0.05, 0.1) is 0 Å². The average molecular weight is 367 g/mol. The molecule has 3 aliphatic rings. The number of carbonyl (C=O) groups is 1. The van der Waals surface area contributed by atoms with E-state index < -0.39 is 0 Å². The van der Waals surface area contributed by atoms with Crippen molar-refractivity contribution < 1.29 is 4.79 Å². The summed E-state index contributed by atoms with van der Waals surface area (Å²) < 4.78 is 0. The zero-order valence-corrected chi connectivity index (χ0v) is 15.6. The highest BCUT2D eigenvalue weighted by Crippen LogP contribution is 2.41. The summed E-state index contributed by atoms with van der Waals surface area (Å²) in [7, 11) is 0. The first-order chi connectivity index (χ1) is 11.2. The van der Waals surface area contributed by atoms with Gasteiger partial charge in [0.2, 0.25) is 5.91 Å². The van der Waals surface area contributed by atoms with Gasteiger partial charge in [-0.05, 0) is 60.8 Å². The van der Waals surface area contributed by atoms with Crippen LogP contribution in [0.25, 0.3) is 0 Å². The fourth-order valence-corrected chi connectivity index (χ4v) is 6.08. The number of hydrogen-bond donors (Lipinski definition) is 2. The number of nitrogens with one attached hydrogen (secondary N) is 1. The summed E-state index contributed by atoms with van der Waals surface area (Å²) in [5.41, 5.74) is 8.77. The number of halogens is 1. The van der Waals surface area contributed by atoms with Crippen LogP contribution in [-0.2, 0) is 11.2 Å². The largest absolute Gasteiger partial charge is 0.352 e. The van der Waals surface area contributed by atoms with Crippen molar-refractivity contribution in [2.24, 2.45) is 17.6 Å². The highest BCUT2D eigenvalue weighted by Gasteiger charge is 2.41. The normalized spacial score (nSPS) is 34.6. The maximum Gasteiger partial charge on any atom is 0.237 e. The molecule has 5 heteroatoms. The predicted molar refractivity (Wildman–Crippen MR) is 103 cm³/mol. The van der Waals surface area contributed by atoms with Crippen LogP contribution in [0.1, 0.15) is 48.5 Å². The molecule has 3 N–H and O–H groups in total. The summed E-state index contributed by atoms with van der Waals surface area (Å²) in [4.78, 5) is 13.0. The zero-order valence-electron chi connectivity index (χ0n) is 13.9. The third-order valence-corrected chi connectivity index (χ3v) is 7.16. The Kier molecular flexibility index (Phi) is 5.78. The number of nitrogens with two attached hydrogens (primary N) is 1. The molecule has 0 radical (unpaired) electrons. The van der Waals surface area contributed by atoms with E-state index in [2.05, 4.69) is 29.6 Å². The average Bonchev–Trinajstić information content (AvgIpc) is 2.55. The Morgan fingerprint density at radius 2 is 1.88 bits per heavy atom. The number of amides is 1. The lowest BCUT2D eigenvalue weighted by Gasteiger charge is -2.45. The quantitative estimate of drug-likeness (QED) is 0.842. The SMILES string of the molecule is Cl.NC1CC2CCCC(C1)C2NC(=O)C1SCCc2ccccc21. The van der Waals surface area contributed by atoms with E-state index in [1.165, 1.54) is 30.4 Å². The molecule has 3 atom stereocenters. The minimum Gasteiger partial charge on any atom is -0.352 e. The molecule has 2 fully saturated rings. The molecule has 1 aliphatic heterocycles.